The van der Waals surface area contributed by atoms with Gasteiger partial charge in [-0.05, 0) is 62.4 Å². The van der Waals surface area contributed by atoms with Crippen LogP contribution in [0.1, 0.15) is 67.1 Å². The second-order valence-electron chi connectivity index (χ2n) is 8.19. The van der Waals surface area contributed by atoms with Crippen LogP contribution >= 0.6 is 0 Å². The van der Waals surface area contributed by atoms with Crippen LogP contribution in [0.2, 0.25) is 0 Å². The van der Waals surface area contributed by atoms with E-state index in [-0.39, 0.29) is 30.9 Å². The molecule has 2 aromatic rings. The number of anilines is 2. The van der Waals surface area contributed by atoms with E-state index < -0.39 is 0 Å². The highest BCUT2D eigenvalue weighted by Gasteiger charge is 2.30. The number of hydrogen-bond acceptors (Lipinski definition) is 8. The lowest BCUT2D eigenvalue weighted by Crippen LogP contribution is -2.34. The fourth-order valence-corrected chi connectivity index (χ4v) is 3.74. The van der Waals surface area contributed by atoms with Crippen molar-refractivity contribution in [3.05, 3.63) is 52.3 Å². The summed E-state index contributed by atoms with van der Waals surface area (Å²) < 4.78 is 10.4. The molecular weight excluding hydrogens is 408 g/mol. The van der Waals surface area contributed by atoms with Gasteiger partial charge in [0.05, 0.1) is 30.1 Å². The summed E-state index contributed by atoms with van der Waals surface area (Å²) in [5, 5.41) is 1.73. The van der Waals surface area contributed by atoms with Crippen LogP contribution in [0, 0.1) is 13.8 Å². The molecule has 0 amide bonds. The summed E-state index contributed by atoms with van der Waals surface area (Å²) in [6, 6.07) is 7.99. The maximum atomic E-state index is 12.5. The van der Waals surface area contributed by atoms with Crippen molar-refractivity contribution < 1.29 is 19.1 Å². The third-order valence-corrected chi connectivity index (χ3v) is 5.80. The van der Waals surface area contributed by atoms with Crippen LogP contribution in [0.4, 0.5) is 11.4 Å². The Balaban J connectivity index is 2.01. The van der Waals surface area contributed by atoms with Gasteiger partial charge >= 0.3 is 11.9 Å². The van der Waals surface area contributed by atoms with Gasteiger partial charge in [-0.15, -0.1) is 0 Å². The summed E-state index contributed by atoms with van der Waals surface area (Å²) in [7, 11) is 0. The average molecular weight is 441 g/mol. The smallest absolute Gasteiger partial charge is 0.306 e. The summed E-state index contributed by atoms with van der Waals surface area (Å²) in [5.41, 5.74) is 11.8. The van der Waals surface area contributed by atoms with E-state index in [1.165, 1.54) is 6.92 Å². The van der Waals surface area contributed by atoms with Crippen molar-refractivity contribution in [1.82, 2.24) is 4.98 Å². The number of aromatic nitrogens is 1. The van der Waals surface area contributed by atoms with Crippen LogP contribution in [-0.4, -0.2) is 29.6 Å². The number of esters is 2. The molecule has 0 bridgehead atoms. The third-order valence-electron chi connectivity index (χ3n) is 5.80. The highest BCUT2D eigenvalue weighted by Crippen LogP contribution is 2.39. The van der Waals surface area contributed by atoms with Gasteiger partial charge in [0.25, 0.3) is 0 Å². The number of nitrogens with two attached hydrogens (primary N) is 2. The molecule has 1 saturated carbocycles. The molecule has 8 nitrogen and oxygen atoms in total. The molecule has 1 aliphatic carbocycles. The molecule has 1 aromatic carbocycles. The number of rotatable bonds is 9. The molecule has 4 N–H and O–H groups in total. The summed E-state index contributed by atoms with van der Waals surface area (Å²) in [5.74, 6) is 5.19. The third kappa shape index (κ3) is 5.37. The topological polar surface area (TPSA) is 121 Å². The number of nitrogen functional groups attached to an aromatic ring is 1. The molecule has 1 atom stereocenters. The molecule has 0 aliphatic heterocycles. The summed E-state index contributed by atoms with van der Waals surface area (Å²) in [6.07, 6.45) is 2.23. The largest absolute Gasteiger partial charge is 0.466 e. The van der Waals surface area contributed by atoms with E-state index >= 15 is 0 Å². The van der Waals surface area contributed by atoms with Gasteiger partial charge in [0.15, 0.2) is 0 Å². The fraction of sp³-hybridized carbons (Fsp3) is 0.458. The summed E-state index contributed by atoms with van der Waals surface area (Å²) >= 11 is 0. The van der Waals surface area contributed by atoms with Gasteiger partial charge in [-0.3, -0.25) is 14.6 Å². The maximum absolute atomic E-state index is 12.5. The van der Waals surface area contributed by atoms with Gasteiger partial charge in [-0.25, -0.2) is 5.84 Å². The molecule has 1 unspecified atom stereocenters. The van der Waals surface area contributed by atoms with Gasteiger partial charge < -0.3 is 20.2 Å². The predicted octanol–water partition coefficient (Wildman–Crippen LogP) is 3.27. The summed E-state index contributed by atoms with van der Waals surface area (Å²) in [6.45, 7) is 7.35. The van der Waals surface area contributed by atoms with Gasteiger partial charge in [0, 0.05) is 24.6 Å². The van der Waals surface area contributed by atoms with Crippen molar-refractivity contribution in [3.63, 3.8) is 0 Å². The average Bonchev–Trinajstić information content (AvgIpc) is 3.59. The first-order valence-corrected chi connectivity index (χ1v) is 10.9. The van der Waals surface area contributed by atoms with Crippen molar-refractivity contribution in [2.45, 2.75) is 65.5 Å². The molecule has 3 rings (SSSR count). The zero-order valence-corrected chi connectivity index (χ0v) is 19.2. The highest BCUT2D eigenvalue weighted by molar-refractivity contribution is 5.75. The molecule has 172 valence electrons. The van der Waals surface area contributed by atoms with Crippen LogP contribution in [0.25, 0.3) is 0 Å². The van der Waals surface area contributed by atoms with Crippen molar-refractivity contribution in [1.29, 1.82) is 0 Å². The van der Waals surface area contributed by atoms with Crippen LogP contribution in [0.15, 0.2) is 24.3 Å². The SMILES string of the molecule is CCOC(=O)CC(c1ccc(C)c(COC(C)=O)n1)c1ccc(N(N)C2CC2)c(N)c1C. The Morgan fingerprint density at radius 1 is 1.19 bits per heavy atom. The maximum Gasteiger partial charge on any atom is 0.306 e. The summed E-state index contributed by atoms with van der Waals surface area (Å²) in [4.78, 5) is 28.5. The Labute approximate surface area is 188 Å². The number of aryl methyl sites for hydroxylation is 1. The van der Waals surface area contributed by atoms with Crippen LogP contribution in [0.5, 0.6) is 0 Å². The van der Waals surface area contributed by atoms with E-state index in [0.29, 0.717) is 29.7 Å². The fourth-order valence-electron chi connectivity index (χ4n) is 3.74. The molecule has 0 spiro atoms. The lowest BCUT2D eigenvalue weighted by Gasteiger charge is -2.25. The molecular formula is C24H32N4O4. The van der Waals surface area contributed by atoms with E-state index in [0.717, 1.165) is 35.2 Å². The van der Waals surface area contributed by atoms with E-state index in [1.807, 2.05) is 38.1 Å². The molecule has 32 heavy (non-hydrogen) atoms. The van der Waals surface area contributed by atoms with Crippen molar-refractivity contribution in [2.75, 3.05) is 17.3 Å². The van der Waals surface area contributed by atoms with Crippen LogP contribution < -0.4 is 16.6 Å². The van der Waals surface area contributed by atoms with Gasteiger partial charge in [-0.1, -0.05) is 12.1 Å². The number of nitrogens with zero attached hydrogens (tertiary/aromatic N) is 2. The number of carbonyl (C=O) groups is 2. The lowest BCUT2D eigenvalue weighted by atomic mass is 9.87. The standard InChI is InChI=1S/C24H32N4O4/c1-5-31-23(30)12-19(20-10-6-14(2)21(27-20)13-32-16(4)29)18-9-11-22(24(25)15(18)3)28(26)17-7-8-17/h6,9-11,17,19H,5,7-8,12-13,25-26H2,1-4H3. The Bertz CT molecular complexity index is 1000. The minimum absolute atomic E-state index is 0.0741. The van der Waals surface area contributed by atoms with E-state index in [9.17, 15) is 9.59 Å². The number of hydrogen-bond donors (Lipinski definition) is 2. The van der Waals surface area contributed by atoms with E-state index in [1.54, 1.807) is 11.9 Å². The zero-order valence-electron chi connectivity index (χ0n) is 19.2. The Kier molecular flexibility index (Phi) is 7.35. The Morgan fingerprint density at radius 2 is 1.91 bits per heavy atom. The molecule has 1 aliphatic rings. The van der Waals surface area contributed by atoms with Gasteiger partial charge in [0.2, 0.25) is 0 Å². The van der Waals surface area contributed by atoms with Crippen molar-refractivity contribution >= 4 is 23.3 Å². The molecule has 8 heteroatoms. The Hall–Kier alpha value is -3.13. The zero-order chi connectivity index (χ0) is 23.4. The normalized spacial score (nSPS) is 14.0. The van der Waals surface area contributed by atoms with Crippen LogP contribution in [0.3, 0.4) is 0 Å². The number of pyridine rings is 1. The van der Waals surface area contributed by atoms with Crippen molar-refractivity contribution in [3.8, 4) is 0 Å². The van der Waals surface area contributed by atoms with E-state index in [2.05, 4.69) is 0 Å². The van der Waals surface area contributed by atoms with E-state index in [4.69, 9.17) is 26.0 Å². The Morgan fingerprint density at radius 3 is 2.53 bits per heavy atom. The number of hydrazine groups is 1. The van der Waals surface area contributed by atoms with Crippen LogP contribution in [-0.2, 0) is 25.7 Å². The molecule has 1 heterocycles. The minimum atomic E-state index is -0.374. The minimum Gasteiger partial charge on any atom is -0.466 e. The monoisotopic (exact) mass is 440 g/mol. The van der Waals surface area contributed by atoms with Crippen molar-refractivity contribution in [2.24, 2.45) is 5.84 Å². The molecule has 1 fully saturated rings. The number of benzene rings is 1. The second kappa shape index (κ2) is 9.99. The first-order valence-electron chi connectivity index (χ1n) is 10.9. The molecule has 0 radical (unpaired) electrons. The van der Waals surface area contributed by atoms with Gasteiger partial charge in [0.1, 0.15) is 6.61 Å². The predicted molar refractivity (Wildman–Crippen MR) is 123 cm³/mol. The lowest BCUT2D eigenvalue weighted by molar-refractivity contribution is -0.143. The molecule has 0 saturated heterocycles. The number of ether oxygens (including phenoxy) is 2. The quantitative estimate of drug-likeness (QED) is 0.264. The number of carbonyl (C=O) groups excluding carboxylic acids is 2. The molecule has 1 aromatic heterocycles. The highest BCUT2D eigenvalue weighted by atomic mass is 16.5. The van der Waals surface area contributed by atoms with Gasteiger partial charge in [-0.2, -0.15) is 0 Å². The first kappa shape index (κ1) is 23.5. The first-order chi connectivity index (χ1) is 15.2. The second-order valence-corrected chi connectivity index (χ2v) is 8.19.